The molecule has 4 N–H and O–H groups in total. The van der Waals surface area contributed by atoms with Crippen LogP contribution in [-0.2, 0) is 32.1 Å². The number of ketones is 4. The highest BCUT2D eigenvalue weighted by Gasteiger charge is 2.69. The molecule has 3 fully saturated rings. The SMILES string of the molecule is CN(C)c1c(CN(C)C2CC2)cc(O)c2c1C[C@H]1C[C@H]3[C@H](N(C)C)C(=O)C(C(N)=O)C(=O)[C@@]3(O)C(=O)C1C2=O. The minimum Gasteiger partial charge on any atom is -0.507 e. The van der Waals surface area contributed by atoms with Crippen LogP contribution in [0.3, 0.4) is 0 Å². The fraction of sp³-hybridized carbons (Fsp3) is 0.607. The minimum atomic E-state index is -2.72. The molecule has 1 amide bonds. The predicted molar refractivity (Wildman–Crippen MR) is 140 cm³/mol. The zero-order chi connectivity index (χ0) is 28.7. The molecule has 11 heteroatoms. The molecule has 2 unspecified atom stereocenters. The van der Waals surface area contributed by atoms with Crippen molar-refractivity contribution in [2.24, 2.45) is 29.4 Å². The first kappa shape index (κ1) is 27.4. The van der Waals surface area contributed by atoms with E-state index in [1.54, 1.807) is 20.2 Å². The largest absolute Gasteiger partial charge is 0.507 e. The highest BCUT2D eigenvalue weighted by Crippen LogP contribution is 2.52. The molecule has 0 aromatic heterocycles. The number of nitrogens with zero attached hydrogens (tertiary/aromatic N) is 3. The standard InChI is InChI=1S/C28H36N4O7/c1-30(2)21-13(11-32(5)14-6-7-14)10-17(33)19-15(21)8-12-9-16-22(31(3)4)24(35)20(27(29)38)26(37)28(16,39)25(36)18(12)23(19)34/h10,12,14,16,18,20,22,33,39H,6-9,11H2,1-5H3,(H2,29,38)/t12-,16-,18?,20?,22-,28-/m0/s1. The number of hydrogen-bond acceptors (Lipinski definition) is 10. The highest BCUT2D eigenvalue weighted by atomic mass is 16.3. The molecule has 4 aliphatic rings. The molecule has 4 aliphatic carbocycles. The molecule has 0 saturated heterocycles. The smallest absolute Gasteiger partial charge is 0.235 e. The number of nitrogens with two attached hydrogens (primary N) is 1. The second-order valence-electron chi connectivity index (χ2n) is 12.1. The molecule has 0 radical (unpaired) electrons. The van der Waals surface area contributed by atoms with E-state index in [2.05, 4.69) is 4.90 Å². The minimum absolute atomic E-state index is 0.0168. The predicted octanol–water partition coefficient (Wildman–Crippen LogP) is -0.473. The van der Waals surface area contributed by atoms with Gasteiger partial charge in [-0.2, -0.15) is 0 Å². The average molecular weight is 541 g/mol. The Balaban J connectivity index is 1.63. The van der Waals surface area contributed by atoms with Gasteiger partial charge in [0.25, 0.3) is 0 Å². The number of aromatic hydroxyl groups is 1. The zero-order valence-electron chi connectivity index (χ0n) is 22.9. The van der Waals surface area contributed by atoms with E-state index in [4.69, 9.17) is 5.73 Å². The van der Waals surface area contributed by atoms with Crippen molar-refractivity contribution >= 4 is 34.7 Å². The average Bonchev–Trinajstić information content (AvgIpc) is 3.66. The van der Waals surface area contributed by atoms with Crippen LogP contribution in [0.15, 0.2) is 6.07 Å². The summed E-state index contributed by atoms with van der Waals surface area (Å²) in [5.74, 6) is -10.3. The normalized spacial score (nSPS) is 32.3. The first-order valence-electron chi connectivity index (χ1n) is 13.3. The maximum absolute atomic E-state index is 13.9. The number of hydrogen-bond donors (Lipinski definition) is 3. The number of Topliss-reactive ketones (excluding diaryl/α,β-unsaturated/α-hetero) is 4. The molecule has 5 rings (SSSR count). The number of phenols is 1. The lowest BCUT2D eigenvalue weighted by Gasteiger charge is -2.52. The Hall–Kier alpha value is -3.15. The molecule has 1 aromatic carbocycles. The summed E-state index contributed by atoms with van der Waals surface area (Å²) in [7, 11) is 8.88. The Kier molecular flexibility index (Phi) is 6.47. The molecule has 1 aromatic rings. The van der Waals surface area contributed by atoms with Crippen molar-refractivity contribution in [2.45, 2.75) is 49.9 Å². The number of carbonyl (C=O) groups excluding carboxylic acids is 5. The van der Waals surface area contributed by atoms with Gasteiger partial charge < -0.3 is 20.8 Å². The molecule has 6 atom stereocenters. The summed E-state index contributed by atoms with van der Waals surface area (Å²) in [6, 6.07) is 0.921. The molecule has 210 valence electrons. The number of rotatable bonds is 6. The topological polar surface area (TPSA) is 162 Å². The van der Waals surface area contributed by atoms with Crippen LogP contribution >= 0.6 is 0 Å². The van der Waals surface area contributed by atoms with Crippen LogP contribution in [0.1, 0.15) is 40.7 Å². The Bertz CT molecular complexity index is 1300. The number of benzene rings is 1. The first-order valence-corrected chi connectivity index (χ1v) is 13.3. The number of carbonyl (C=O) groups is 5. The monoisotopic (exact) mass is 540 g/mol. The summed E-state index contributed by atoms with van der Waals surface area (Å²) in [5.41, 5.74) is 4.93. The van der Waals surface area contributed by atoms with Crippen molar-refractivity contribution in [3.8, 4) is 5.75 Å². The number of fused-ring (bicyclic) bond motifs is 3. The summed E-state index contributed by atoms with van der Waals surface area (Å²) in [6.07, 6.45) is 2.50. The Labute approximate surface area is 226 Å². The number of primary amides is 1. The van der Waals surface area contributed by atoms with Gasteiger partial charge >= 0.3 is 0 Å². The zero-order valence-corrected chi connectivity index (χ0v) is 22.9. The number of likely N-dealkylation sites (N-methyl/N-ethyl adjacent to an activating group) is 1. The summed E-state index contributed by atoms with van der Waals surface area (Å²) >= 11 is 0. The summed E-state index contributed by atoms with van der Waals surface area (Å²) in [4.78, 5) is 72.2. The van der Waals surface area contributed by atoms with E-state index in [9.17, 15) is 34.2 Å². The van der Waals surface area contributed by atoms with Crippen LogP contribution in [0, 0.1) is 23.7 Å². The van der Waals surface area contributed by atoms with E-state index >= 15 is 0 Å². The van der Waals surface area contributed by atoms with E-state index in [0.717, 1.165) is 24.1 Å². The van der Waals surface area contributed by atoms with Crippen LogP contribution in [0.4, 0.5) is 5.69 Å². The van der Waals surface area contributed by atoms with Gasteiger partial charge in [0.15, 0.2) is 34.7 Å². The fourth-order valence-corrected chi connectivity index (χ4v) is 7.32. The van der Waals surface area contributed by atoms with Gasteiger partial charge in [-0.05, 0) is 69.9 Å². The van der Waals surface area contributed by atoms with Crippen molar-refractivity contribution in [3.63, 3.8) is 0 Å². The first-order chi connectivity index (χ1) is 18.2. The van der Waals surface area contributed by atoms with E-state index in [-0.39, 0.29) is 24.2 Å². The van der Waals surface area contributed by atoms with E-state index < -0.39 is 64.4 Å². The quantitative estimate of drug-likeness (QED) is 0.402. The third kappa shape index (κ3) is 3.93. The molecule has 3 saturated carbocycles. The van der Waals surface area contributed by atoms with Crippen molar-refractivity contribution < 1.29 is 34.2 Å². The third-order valence-electron chi connectivity index (χ3n) is 9.15. The summed E-state index contributed by atoms with van der Waals surface area (Å²) in [5, 5.41) is 22.7. The van der Waals surface area contributed by atoms with Crippen LogP contribution in [-0.4, -0.2) is 102 Å². The Morgan fingerprint density at radius 3 is 2.26 bits per heavy atom. The van der Waals surface area contributed by atoms with Gasteiger partial charge in [0.05, 0.1) is 17.5 Å². The second kappa shape index (κ2) is 9.21. The third-order valence-corrected chi connectivity index (χ3v) is 9.15. The molecule has 11 nitrogen and oxygen atoms in total. The van der Waals surface area contributed by atoms with Crippen LogP contribution in [0.5, 0.6) is 5.75 Å². The molecule has 0 heterocycles. The maximum atomic E-state index is 13.9. The second-order valence-corrected chi connectivity index (χ2v) is 12.1. The van der Waals surface area contributed by atoms with Gasteiger partial charge in [0.1, 0.15) is 5.75 Å². The molecule has 0 aliphatic heterocycles. The molecular formula is C28H36N4O7. The van der Waals surface area contributed by atoms with Crippen molar-refractivity contribution in [3.05, 3.63) is 22.8 Å². The van der Waals surface area contributed by atoms with Gasteiger partial charge in [0, 0.05) is 38.3 Å². The Morgan fingerprint density at radius 2 is 1.72 bits per heavy atom. The summed E-state index contributed by atoms with van der Waals surface area (Å²) in [6.45, 7) is 0.572. The number of anilines is 1. The lowest BCUT2D eigenvalue weighted by Crippen LogP contribution is -2.74. The van der Waals surface area contributed by atoms with Gasteiger partial charge in [-0.1, -0.05) is 0 Å². The molecule has 0 spiro atoms. The summed E-state index contributed by atoms with van der Waals surface area (Å²) < 4.78 is 0. The fourth-order valence-electron chi connectivity index (χ4n) is 7.32. The highest BCUT2D eigenvalue weighted by molar-refractivity contribution is 6.32. The Morgan fingerprint density at radius 1 is 1.08 bits per heavy atom. The van der Waals surface area contributed by atoms with Crippen molar-refractivity contribution in [2.75, 3.05) is 40.1 Å². The van der Waals surface area contributed by atoms with Gasteiger partial charge in [-0.25, -0.2) is 0 Å². The van der Waals surface area contributed by atoms with Crippen molar-refractivity contribution in [1.29, 1.82) is 0 Å². The van der Waals surface area contributed by atoms with Gasteiger partial charge in [0.2, 0.25) is 5.91 Å². The van der Waals surface area contributed by atoms with Crippen LogP contribution in [0.25, 0.3) is 0 Å². The number of phenolic OH excluding ortho intramolecular Hbond substituents is 1. The number of amides is 1. The number of aliphatic hydroxyl groups is 1. The van der Waals surface area contributed by atoms with E-state index in [1.807, 2.05) is 26.0 Å². The van der Waals surface area contributed by atoms with Crippen LogP contribution in [0.2, 0.25) is 0 Å². The van der Waals surface area contributed by atoms with E-state index in [0.29, 0.717) is 18.2 Å². The molecule has 39 heavy (non-hydrogen) atoms. The lowest BCUT2D eigenvalue weighted by molar-refractivity contribution is -0.181. The van der Waals surface area contributed by atoms with Gasteiger partial charge in [-0.3, -0.25) is 33.8 Å². The van der Waals surface area contributed by atoms with E-state index in [1.165, 1.54) is 4.90 Å². The van der Waals surface area contributed by atoms with Crippen LogP contribution < -0.4 is 10.6 Å². The lowest BCUT2D eigenvalue weighted by atomic mass is 9.52. The van der Waals surface area contributed by atoms with Gasteiger partial charge in [-0.15, -0.1) is 0 Å². The molecule has 0 bridgehead atoms. The maximum Gasteiger partial charge on any atom is 0.235 e. The van der Waals surface area contributed by atoms with Crippen molar-refractivity contribution in [1.82, 2.24) is 9.80 Å². The molecular weight excluding hydrogens is 504 g/mol.